The molecule has 2 aromatic rings. The standard InChI is InChI=1S/C16H15F3N4O4/c1-26-23(14(25)13(24)20-11-6-7-11)8-9-2-4-10(5-3-9)12-21-15(27-22-12)16(17,18)19/h2-5,11H,6-8H2,1H3,(H,20,24). The van der Waals surface area contributed by atoms with Crippen molar-refractivity contribution in [3.8, 4) is 11.4 Å². The van der Waals surface area contributed by atoms with Gasteiger partial charge in [0.2, 0.25) is 5.82 Å². The van der Waals surface area contributed by atoms with Crippen LogP contribution in [0.2, 0.25) is 0 Å². The quantitative estimate of drug-likeness (QED) is 0.625. The maximum atomic E-state index is 12.5. The van der Waals surface area contributed by atoms with Gasteiger partial charge in [-0.05, 0) is 18.4 Å². The monoisotopic (exact) mass is 384 g/mol. The summed E-state index contributed by atoms with van der Waals surface area (Å²) in [4.78, 5) is 32.1. The van der Waals surface area contributed by atoms with Gasteiger partial charge >= 0.3 is 23.9 Å². The van der Waals surface area contributed by atoms with E-state index in [1.165, 1.54) is 19.2 Å². The molecule has 3 rings (SSSR count). The number of aromatic nitrogens is 2. The Morgan fingerprint density at radius 3 is 2.48 bits per heavy atom. The van der Waals surface area contributed by atoms with Crippen LogP contribution in [0.3, 0.4) is 0 Å². The molecule has 1 aromatic heterocycles. The van der Waals surface area contributed by atoms with Crippen LogP contribution in [0.5, 0.6) is 0 Å². The van der Waals surface area contributed by atoms with Gasteiger partial charge in [0, 0.05) is 11.6 Å². The van der Waals surface area contributed by atoms with Crippen LogP contribution < -0.4 is 5.32 Å². The molecule has 0 atom stereocenters. The number of carbonyl (C=O) groups is 2. The van der Waals surface area contributed by atoms with Gasteiger partial charge in [0.1, 0.15) is 0 Å². The summed E-state index contributed by atoms with van der Waals surface area (Å²) >= 11 is 0. The average molecular weight is 384 g/mol. The van der Waals surface area contributed by atoms with Gasteiger partial charge in [0.05, 0.1) is 13.7 Å². The van der Waals surface area contributed by atoms with Crippen LogP contribution in [-0.2, 0) is 27.1 Å². The number of alkyl halides is 3. The van der Waals surface area contributed by atoms with Crippen molar-refractivity contribution in [2.45, 2.75) is 31.6 Å². The first kappa shape index (κ1) is 18.8. The van der Waals surface area contributed by atoms with E-state index in [4.69, 9.17) is 4.84 Å². The van der Waals surface area contributed by atoms with Crippen LogP contribution in [0, 0.1) is 0 Å². The Morgan fingerprint density at radius 1 is 1.30 bits per heavy atom. The summed E-state index contributed by atoms with van der Waals surface area (Å²) in [7, 11) is 1.26. The number of benzene rings is 1. The minimum atomic E-state index is -4.72. The van der Waals surface area contributed by atoms with Crippen molar-refractivity contribution in [2.24, 2.45) is 0 Å². The predicted molar refractivity (Wildman–Crippen MR) is 83.5 cm³/mol. The first-order valence-corrected chi connectivity index (χ1v) is 7.94. The van der Waals surface area contributed by atoms with Gasteiger partial charge in [-0.3, -0.25) is 14.4 Å². The molecule has 144 valence electrons. The Balaban J connectivity index is 1.66. The van der Waals surface area contributed by atoms with Crippen molar-refractivity contribution >= 4 is 11.8 Å². The molecule has 1 aromatic carbocycles. The minimum absolute atomic E-state index is 0.0201. The van der Waals surface area contributed by atoms with E-state index in [1.54, 1.807) is 12.1 Å². The third-order valence-electron chi connectivity index (χ3n) is 3.76. The van der Waals surface area contributed by atoms with Gasteiger partial charge in [-0.2, -0.15) is 18.2 Å². The van der Waals surface area contributed by atoms with Gasteiger partial charge in [0.15, 0.2) is 0 Å². The third-order valence-corrected chi connectivity index (χ3v) is 3.76. The van der Waals surface area contributed by atoms with Gasteiger partial charge in [0.25, 0.3) is 0 Å². The Bertz CT molecular complexity index is 831. The first-order valence-electron chi connectivity index (χ1n) is 7.94. The van der Waals surface area contributed by atoms with Crippen LogP contribution in [0.1, 0.15) is 24.3 Å². The lowest BCUT2D eigenvalue weighted by atomic mass is 10.1. The lowest BCUT2D eigenvalue weighted by Crippen LogP contribution is -2.42. The molecule has 8 nitrogen and oxygen atoms in total. The van der Waals surface area contributed by atoms with Gasteiger partial charge in [-0.15, -0.1) is 0 Å². The molecule has 1 heterocycles. The molecule has 0 spiro atoms. The molecular weight excluding hydrogens is 369 g/mol. The van der Waals surface area contributed by atoms with E-state index in [2.05, 4.69) is 20.0 Å². The Morgan fingerprint density at radius 2 is 1.96 bits per heavy atom. The smallest absolute Gasteiger partial charge is 0.345 e. The lowest BCUT2D eigenvalue weighted by molar-refractivity contribution is -0.182. The highest BCUT2D eigenvalue weighted by Crippen LogP contribution is 2.29. The zero-order chi connectivity index (χ0) is 19.6. The SMILES string of the molecule is CON(Cc1ccc(-c2noc(C(F)(F)F)n2)cc1)C(=O)C(=O)NC1CC1. The second-order valence-corrected chi connectivity index (χ2v) is 5.89. The topological polar surface area (TPSA) is 97.6 Å². The fourth-order valence-electron chi connectivity index (χ4n) is 2.19. The average Bonchev–Trinajstić information content (AvgIpc) is 3.29. The molecule has 11 heteroatoms. The Labute approximate surface area is 151 Å². The van der Waals surface area contributed by atoms with E-state index >= 15 is 0 Å². The minimum Gasteiger partial charge on any atom is -0.345 e. The van der Waals surface area contributed by atoms with Gasteiger partial charge in [-0.25, -0.2) is 5.06 Å². The predicted octanol–water partition coefficient (Wildman–Crippen LogP) is 1.92. The zero-order valence-corrected chi connectivity index (χ0v) is 14.1. The van der Waals surface area contributed by atoms with Crippen LogP contribution in [0.25, 0.3) is 11.4 Å². The summed E-state index contributed by atoms with van der Waals surface area (Å²) in [5.41, 5.74) is 0.896. The van der Waals surface area contributed by atoms with Crippen molar-refractivity contribution in [3.63, 3.8) is 0 Å². The zero-order valence-electron chi connectivity index (χ0n) is 14.1. The summed E-state index contributed by atoms with van der Waals surface area (Å²) in [5, 5.41) is 6.76. The molecule has 0 unspecified atom stereocenters. The van der Waals surface area contributed by atoms with Crippen molar-refractivity contribution in [1.29, 1.82) is 0 Å². The Hall–Kier alpha value is -2.95. The fourth-order valence-corrected chi connectivity index (χ4v) is 2.19. The highest BCUT2D eigenvalue weighted by molar-refractivity contribution is 6.34. The number of hydrogen-bond acceptors (Lipinski definition) is 6. The van der Waals surface area contributed by atoms with Gasteiger partial charge < -0.3 is 9.84 Å². The number of rotatable bonds is 5. The van der Waals surface area contributed by atoms with Crippen molar-refractivity contribution in [2.75, 3.05) is 7.11 Å². The summed E-state index contributed by atoms with van der Waals surface area (Å²) in [5.74, 6) is -3.22. The molecule has 0 bridgehead atoms. The van der Waals surface area contributed by atoms with Gasteiger partial charge in [-0.1, -0.05) is 29.4 Å². The summed E-state index contributed by atoms with van der Waals surface area (Å²) in [6.07, 6.45) is -3.02. The molecule has 0 saturated heterocycles. The number of nitrogens with zero attached hydrogens (tertiary/aromatic N) is 3. The molecular formula is C16H15F3N4O4. The molecule has 0 aliphatic heterocycles. The fraction of sp³-hybridized carbons (Fsp3) is 0.375. The maximum absolute atomic E-state index is 12.5. The van der Waals surface area contributed by atoms with E-state index in [-0.39, 0.29) is 18.4 Å². The van der Waals surface area contributed by atoms with E-state index in [1.807, 2.05) is 0 Å². The first-order chi connectivity index (χ1) is 12.8. The lowest BCUT2D eigenvalue weighted by Gasteiger charge is -2.19. The third kappa shape index (κ3) is 4.61. The summed E-state index contributed by atoms with van der Waals surface area (Å²) < 4.78 is 41.7. The highest BCUT2D eigenvalue weighted by atomic mass is 19.4. The number of amides is 2. The van der Waals surface area contributed by atoms with Crippen LogP contribution in [-0.4, -0.2) is 40.2 Å². The molecule has 1 saturated carbocycles. The van der Waals surface area contributed by atoms with Crippen molar-refractivity contribution in [1.82, 2.24) is 20.5 Å². The number of carbonyl (C=O) groups excluding carboxylic acids is 2. The number of hydroxylamine groups is 2. The molecule has 1 aliphatic rings. The maximum Gasteiger partial charge on any atom is 0.471 e. The van der Waals surface area contributed by atoms with E-state index < -0.39 is 23.9 Å². The van der Waals surface area contributed by atoms with Crippen LogP contribution in [0.4, 0.5) is 13.2 Å². The largest absolute Gasteiger partial charge is 0.471 e. The van der Waals surface area contributed by atoms with Crippen molar-refractivity contribution in [3.05, 3.63) is 35.7 Å². The number of halogens is 3. The summed E-state index contributed by atoms with van der Waals surface area (Å²) in [6.45, 7) is -0.0201. The number of hydrogen-bond donors (Lipinski definition) is 1. The van der Waals surface area contributed by atoms with E-state index in [9.17, 15) is 22.8 Å². The second kappa shape index (κ2) is 7.35. The molecule has 0 radical (unpaired) electrons. The van der Waals surface area contributed by atoms with Crippen molar-refractivity contribution < 1.29 is 32.1 Å². The van der Waals surface area contributed by atoms with Crippen LogP contribution >= 0.6 is 0 Å². The molecule has 27 heavy (non-hydrogen) atoms. The Kier molecular flexibility index (Phi) is 5.13. The molecule has 1 N–H and O–H groups in total. The van der Waals surface area contributed by atoms with E-state index in [0.717, 1.165) is 17.9 Å². The normalized spacial score (nSPS) is 14.1. The summed E-state index contributed by atoms with van der Waals surface area (Å²) in [6, 6.07) is 6.09. The molecule has 1 fully saturated rings. The van der Waals surface area contributed by atoms with E-state index in [0.29, 0.717) is 11.1 Å². The molecule has 1 aliphatic carbocycles. The number of nitrogens with one attached hydrogen (secondary N) is 1. The highest BCUT2D eigenvalue weighted by Gasteiger charge is 2.38. The second-order valence-electron chi connectivity index (χ2n) is 5.89. The van der Waals surface area contributed by atoms with Crippen LogP contribution in [0.15, 0.2) is 28.8 Å². The molecule has 2 amide bonds.